The Morgan fingerprint density at radius 3 is 2.48 bits per heavy atom. The minimum Gasteiger partial charge on any atom is -0.345 e. The van der Waals surface area contributed by atoms with Gasteiger partial charge in [0.2, 0.25) is 0 Å². The molecule has 6 heteroatoms. The monoisotopic (exact) mass is 425 g/mol. The van der Waals surface area contributed by atoms with E-state index in [-0.39, 0.29) is 5.91 Å². The number of benzene rings is 2. The number of aromatic nitrogens is 1. The number of nitrogens with zero attached hydrogens (tertiary/aromatic N) is 3. The summed E-state index contributed by atoms with van der Waals surface area (Å²) in [6.07, 6.45) is 0. The van der Waals surface area contributed by atoms with Crippen molar-refractivity contribution in [2.45, 2.75) is 37.8 Å². The molecule has 0 bridgehead atoms. The zero-order valence-electron chi connectivity index (χ0n) is 17.4. The summed E-state index contributed by atoms with van der Waals surface area (Å²) in [5, 5.41) is 1.57. The van der Waals surface area contributed by atoms with Crippen LogP contribution < -0.4 is 4.90 Å². The fourth-order valence-electron chi connectivity index (χ4n) is 3.64. The van der Waals surface area contributed by atoms with Gasteiger partial charge < -0.3 is 9.80 Å². The van der Waals surface area contributed by atoms with Crippen molar-refractivity contribution in [1.82, 2.24) is 9.88 Å². The molecule has 152 valence electrons. The van der Waals surface area contributed by atoms with Gasteiger partial charge in [0.1, 0.15) is 0 Å². The van der Waals surface area contributed by atoms with E-state index in [0.717, 1.165) is 47.3 Å². The van der Waals surface area contributed by atoms with Gasteiger partial charge in [-0.2, -0.15) is 0 Å². The fourth-order valence-corrected chi connectivity index (χ4v) is 5.70. The lowest BCUT2D eigenvalue weighted by molar-refractivity contribution is 0.0746. The number of anilines is 1. The normalized spacial score (nSPS) is 14.8. The molecule has 1 aromatic heterocycles. The first-order valence-electron chi connectivity index (χ1n) is 10.1. The molecule has 1 fully saturated rings. The van der Waals surface area contributed by atoms with Crippen LogP contribution in [-0.4, -0.2) is 47.2 Å². The number of thioether (sulfide) groups is 1. The van der Waals surface area contributed by atoms with Gasteiger partial charge in [-0.15, -0.1) is 11.8 Å². The van der Waals surface area contributed by atoms with Crippen LogP contribution in [0.5, 0.6) is 0 Å². The molecule has 1 aliphatic rings. The molecule has 2 heterocycles. The minimum atomic E-state index is 0.131. The summed E-state index contributed by atoms with van der Waals surface area (Å²) in [4.78, 5) is 23.3. The van der Waals surface area contributed by atoms with Crippen molar-refractivity contribution in [3.05, 3.63) is 53.1 Å². The predicted molar refractivity (Wildman–Crippen MR) is 125 cm³/mol. The van der Waals surface area contributed by atoms with E-state index in [0.29, 0.717) is 5.25 Å². The van der Waals surface area contributed by atoms with Crippen LogP contribution in [0.4, 0.5) is 5.13 Å². The molecule has 1 saturated heterocycles. The summed E-state index contributed by atoms with van der Waals surface area (Å²) < 4.78 is 1.28. The van der Waals surface area contributed by atoms with E-state index in [9.17, 15) is 4.79 Å². The smallest absolute Gasteiger partial charge is 0.254 e. The molecule has 0 unspecified atom stereocenters. The number of carbonyl (C=O) groups is 1. The topological polar surface area (TPSA) is 36.4 Å². The molecule has 1 aliphatic heterocycles. The number of fused-ring (bicyclic) bond motifs is 1. The number of amides is 1. The van der Waals surface area contributed by atoms with E-state index in [2.05, 4.69) is 50.8 Å². The lowest BCUT2D eigenvalue weighted by atomic mass is 10.1. The first-order chi connectivity index (χ1) is 13.9. The van der Waals surface area contributed by atoms with E-state index >= 15 is 0 Å². The van der Waals surface area contributed by atoms with Crippen molar-refractivity contribution >= 4 is 44.4 Å². The van der Waals surface area contributed by atoms with Gasteiger partial charge in [-0.3, -0.25) is 4.79 Å². The summed E-state index contributed by atoms with van der Waals surface area (Å²) in [6.45, 7) is 11.7. The average Bonchev–Trinajstić information content (AvgIpc) is 3.17. The summed E-state index contributed by atoms with van der Waals surface area (Å²) in [5.41, 5.74) is 4.40. The second kappa shape index (κ2) is 8.36. The largest absolute Gasteiger partial charge is 0.345 e. The molecule has 0 radical (unpaired) electrons. The minimum absolute atomic E-state index is 0.131. The average molecular weight is 426 g/mol. The Labute approximate surface area is 180 Å². The molecule has 0 saturated carbocycles. The standard InChI is InChI=1S/C23H27N3OS2/c1-15(2)28-19-7-5-6-18(14-19)22(27)25-10-12-26(13-11-25)23-24-20-16(3)8-9-17(4)21(20)29-23/h5-9,14-15H,10-13H2,1-4H3. The van der Waals surface area contributed by atoms with Gasteiger partial charge in [0.25, 0.3) is 5.91 Å². The van der Waals surface area contributed by atoms with Crippen LogP contribution in [-0.2, 0) is 0 Å². The quantitative estimate of drug-likeness (QED) is 0.526. The number of thiazole rings is 1. The lowest BCUT2D eigenvalue weighted by Gasteiger charge is -2.34. The third kappa shape index (κ3) is 4.28. The van der Waals surface area contributed by atoms with Gasteiger partial charge in [-0.05, 0) is 43.2 Å². The molecule has 0 aliphatic carbocycles. The third-order valence-corrected chi connectivity index (χ3v) is 7.47. The molecule has 2 aromatic carbocycles. The van der Waals surface area contributed by atoms with Crippen molar-refractivity contribution < 1.29 is 4.79 Å². The maximum absolute atomic E-state index is 13.0. The van der Waals surface area contributed by atoms with E-state index in [1.165, 1.54) is 15.8 Å². The summed E-state index contributed by atoms with van der Waals surface area (Å²) in [7, 11) is 0. The Balaban J connectivity index is 1.45. The Kier molecular flexibility index (Phi) is 5.83. The number of rotatable bonds is 4. The number of aryl methyl sites for hydroxylation is 2. The summed E-state index contributed by atoms with van der Waals surface area (Å²) in [6, 6.07) is 12.3. The van der Waals surface area contributed by atoms with Gasteiger partial charge in [0.05, 0.1) is 10.2 Å². The second-order valence-electron chi connectivity index (χ2n) is 7.85. The highest BCUT2D eigenvalue weighted by atomic mass is 32.2. The van der Waals surface area contributed by atoms with Crippen LogP contribution in [0, 0.1) is 13.8 Å². The molecule has 4 rings (SSSR count). The van der Waals surface area contributed by atoms with Crippen LogP contribution in [0.25, 0.3) is 10.2 Å². The van der Waals surface area contributed by atoms with Crippen LogP contribution in [0.1, 0.15) is 35.3 Å². The Morgan fingerprint density at radius 2 is 1.79 bits per heavy atom. The van der Waals surface area contributed by atoms with Crippen LogP contribution in [0.15, 0.2) is 41.3 Å². The van der Waals surface area contributed by atoms with Crippen molar-refractivity contribution in [3.63, 3.8) is 0 Å². The number of carbonyl (C=O) groups excluding carboxylic acids is 1. The van der Waals surface area contributed by atoms with Crippen molar-refractivity contribution in [1.29, 1.82) is 0 Å². The van der Waals surface area contributed by atoms with E-state index in [1.54, 1.807) is 23.1 Å². The highest BCUT2D eigenvalue weighted by molar-refractivity contribution is 7.99. The predicted octanol–water partition coefficient (Wildman–Crippen LogP) is 5.38. The molecule has 4 nitrogen and oxygen atoms in total. The number of piperazine rings is 1. The lowest BCUT2D eigenvalue weighted by Crippen LogP contribution is -2.48. The van der Waals surface area contributed by atoms with Crippen LogP contribution >= 0.6 is 23.1 Å². The van der Waals surface area contributed by atoms with Gasteiger partial charge in [-0.1, -0.05) is 43.4 Å². The van der Waals surface area contributed by atoms with E-state index in [4.69, 9.17) is 4.98 Å². The Bertz CT molecular complexity index is 997. The van der Waals surface area contributed by atoms with Crippen LogP contribution in [0.2, 0.25) is 0 Å². The highest BCUT2D eigenvalue weighted by Gasteiger charge is 2.24. The van der Waals surface area contributed by atoms with Crippen LogP contribution in [0.3, 0.4) is 0 Å². The van der Waals surface area contributed by atoms with E-state index in [1.807, 2.05) is 23.1 Å². The highest BCUT2D eigenvalue weighted by Crippen LogP contribution is 2.33. The molecule has 0 atom stereocenters. The Hall–Kier alpha value is -2.05. The molecule has 0 N–H and O–H groups in total. The van der Waals surface area contributed by atoms with E-state index < -0.39 is 0 Å². The Morgan fingerprint density at radius 1 is 1.07 bits per heavy atom. The van der Waals surface area contributed by atoms with Crippen molar-refractivity contribution in [2.75, 3.05) is 31.1 Å². The molecule has 29 heavy (non-hydrogen) atoms. The van der Waals surface area contributed by atoms with Crippen molar-refractivity contribution in [2.24, 2.45) is 0 Å². The number of hydrogen-bond donors (Lipinski definition) is 0. The maximum atomic E-state index is 13.0. The van der Waals surface area contributed by atoms with Gasteiger partial charge in [0.15, 0.2) is 5.13 Å². The maximum Gasteiger partial charge on any atom is 0.254 e. The van der Waals surface area contributed by atoms with Gasteiger partial charge >= 0.3 is 0 Å². The fraction of sp³-hybridized carbons (Fsp3) is 0.391. The molecule has 1 amide bonds. The van der Waals surface area contributed by atoms with Crippen molar-refractivity contribution in [3.8, 4) is 0 Å². The van der Waals surface area contributed by atoms with Gasteiger partial charge in [-0.25, -0.2) is 4.98 Å². The third-order valence-electron chi connectivity index (χ3n) is 5.22. The molecular weight excluding hydrogens is 398 g/mol. The first kappa shape index (κ1) is 20.2. The summed E-state index contributed by atoms with van der Waals surface area (Å²) >= 11 is 3.56. The zero-order chi connectivity index (χ0) is 20.5. The SMILES string of the molecule is Cc1ccc(C)c2sc(N3CCN(C(=O)c4cccc(SC(C)C)c4)CC3)nc12. The first-order valence-corrected chi connectivity index (χ1v) is 11.8. The second-order valence-corrected chi connectivity index (χ2v) is 10.5. The molecule has 0 spiro atoms. The summed E-state index contributed by atoms with van der Waals surface area (Å²) in [5.74, 6) is 0.131. The zero-order valence-corrected chi connectivity index (χ0v) is 19.1. The molecule has 3 aromatic rings. The van der Waals surface area contributed by atoms with Gasteiger partial charge in [0, 0.05) is 41.9 Å². The number of hydrogen-bond acceptors (Lipinski definition) is 5. The molecular formula is C23H27N3OS2.